The van der Waals surface area contributed by atoms with E-state index >= 15 is 0 Å². The van der Waals surface area contributed by atoms with E-state index in [1.807, 2.05) is 6.92 Å². The van der Waals surface area contributed by atoms with Crippen LogP contribution in [0, 0.1) is 5.41 Å². The summed E-state index contributed by atoms with van der Waals surface area (Å²) in [6.45, 7) is 3.14. The minimum atomic E-state index is -0.106. The van der Waals surface area contributed by atoms with E-state index in [1.165, 1.54) is 38.5 Å². The van der Waals surface area contributed by atoms with Crippen molar-refractivity contribution in [3.63, 3.8) is 0 Å². The quantitative estimate of drug-likeness (QED) is 0.711. The summed E-state index contributed by atoms with van der Waals surface area (Å²) in [5.41, 5.74) is 0.480. The van der Waals surface area contributed by atoms with Crippen molar-refractivity contribution in [3.8, 4) is 0 Å². The zero-order valence-electron chi connectivity index (χ0n) is 10.9. The molecule has 0 amide bonds. The molecule has 0 aromatic carbocycles. The monoisotopic (exact) mass is 240 g/mol. The molecule has 2 aliphatic rings. The van der Waals surface area contributed by atoms with Gasteiger partial charge in [-0.3, -0.25) is 4.79 Å². The number of ether oxygens (including phenoxy) is 2. The fourth-order valence-corrected chi connectivity index (χ4v) is 3.38. The standard InChI is InChI=1S/C14H24O3/c1-2-16-13(15)10-12-11-14(8-9-17-12)6-4-3-5-7-14/h12H,2-11H2,1H3. The van der Waals surface area contributed by atoms with Crippen molar-refractivity contribution in [2.24, 2.45) is 5.41 Å². The van der Waals surface area contributed by atoms with Crippen molar-refractivity contribution in [1.82, 2.24) is 0 Å². The third-order valence-electron chi connectivity index (χ3n) is 4.26. The maximum Gasteiger partial charge on any atom is 0.308 e. The highest BCUT2D eigenvalue weighted by molar-refractivity contribution is 5.69. The Morgan fingerprint density at radius 2 is 2.06 bits per heavy atom. The molecule has 0 aromatic rings. The zero-order valence-corrected chi connectivity index (χ0v) is 10.9. The van der Waals surface area contributed by atoms with E-state index in [1.54, 1.807) is 0 Å². The molecule has 1 saturated heterocycles. The van der Waals surface area contributed by atoms with Gasteiger partial charge in [-0.25, -0.2) is 0 Å². The normalized spacial score (nSPS) is 27.9. The molecule has 1 unspecified atom stereocenters. The van der Waals surface area contributed by atoms with Crippen LogP contribution in [-0.2, 0) is 14.3 Å². The van der Waals surface area contributed by atoms with E-state index in [-0.39, 0.29) is 12.1 Å². The molecule has 2 rings (SSSR count). The van der Waals surface area contributed by atoms with Crippen LogP contribution in [0.15, 0.2) is 0 Å². The summed E-state index contributed by atoms with van der Waals surface area (Å²) >= 11 is 0. The van der Waals surface area contributed by atoms with Crippen molar-refractivity contribution < 1.29 is 14.3 Å². The average molecular weight is 240 g/mol. The first kappa shape index (κ1) is 12.9. The summed E-state index contributed by atoms with van der Waals surface area (Å²) < 4.78 is 10.7. The smallest absolute Gasteiger partial charge is 0.308 e. The Bertz CT molecular complexity index is 251. The average Bonchev–Trinajstić information content (AvgIpc) is 2.30. The summed E-state index contributed by atoms with van der Waals surface area (Å²) in [7, 11) is 0. The van der Waals surface area contributed by atoms with E-state index in [4.69, 9.17) is 9.47 Å². The highest BCUT2D eigenvalue weighted by Crippen LogP contribution is 2.46. The van der Waals surface area contributed by atoms with Gasteiger partial charge in [0, 0.05) is 6.61 Å². The van der Waals surface area contributed by atoms with E-state index in [0.29, 0.717) is 18.4 Å². The lowest BCUT2D eigenvalue weighted by Gasteiger charge is -2.43. The fraction of sp³-hybridized carbons (Fsp3) is 0.929. The van der Waals surface area contributed by atoms with Crippen molar-refractivity contribution >= 4 is 5.97 Å². The molecule has 17 heavy (non-hydrogen) atoms. The third-order valence-corrected chi connectivity index (χ3v) is 4.26. The van der Waals surface area contributed by atoms with E-state index in [9.17, 15) is 4.79 Å². The number of hydrogen-bond donors (Lipinski definition) is 0. The van der Waals surface area contributed by atoms with Gasteiger partial charge in [-0.15, -0.1) is 0 Å². The van der Waals surface area contributed by atoms with Gasteiger partial charge >= 0.3 is 5.97 Å². The Morgan fingerprint density at radius 1 is 1.29 bits per heavy atom. The van der Waals surface area contributed by atoms with Gasteiger partial charge in [-0.1, -0.05) is 19.3 Å². The molecule has 1 spiro atoms. The minimum absolute atomic E-state index is 0.0981. The molecule has 0 N–H and O–H groups in total. The molecular weight excluding hydrogens is 216 g/mol. The Balaban J connectivity index is 1.85. The lowest BCUT2D eigenvalue weighted by Crippen LogP contribution is -2.38. The molecule has 1 saturated carbocycles. The summed E-state index contributed by atoms with van der Waals surface area (Å²) in [5, 5.41) is 0. The molecule has 1 heterocycles. The number of esters is 1. The lowest BCUT2D eigenvalue weighted by atomic mass is 9.67. The van der Waals surface area contributed by atoms with E-state index < -0.39 is 0 Å². The van der Waals surface area contributed by atoms with Gasteiger partial charge in [0.25, 0.3) is 0 Å². The van der Waals surface area contributed by atoms with Gasteiger partial charge in [0.1, 0.15) is 0 Å². The second-order valence-corrected chi connectivity index (χ2v) is 5.52. The molecule has 0 bridgehead atoms. The van der Waals surface area contributed by atoms with Crippen LogP contribution in [-0.4, -0.2) is 25.3 Å². The molecular formula is C14H24O3. The summed E-state index contributed by atoms with van der Waals surface area (Å²) in [6, 6.07) is 0. The SMILES string of the molecule is CCOC(=O)CC1CC2(CCCCC2)CCO1. The first-order valence-electron chi connectivity index (χ1n) is 7.01. The van der Waals surface area contributed by atoms with Gasteiger partial charge in [-0.05, 0) is 38.0 Å². The van der Waals surface area contributed by atoms with Gasteiger partial charge < -0.3 is 9.47 Å². The zero-order chi connectivity index (χ0) is 12.1. The second kappa shape index (κ2) is 5.85. The van der Waals surface area contributed by atoms with Gasteiger partial charge in [0.15, 0.2) is 0 Å². The Morgan fingerprint density at radius 3 is 2.76 bits per heavy atom. The second-order valence-electron chi connectivity index (χ2n) is 5.52. The summed E-state index contributed by atoms with van der Waals surface area (Å²) in [4.78, 5) is 11.5. The van der Waals surface area contributed by atoms with Gasteiger partial charge in [-0.2, -0.15) is 0 Å². The van der Waals surface area contributed by atoms with Gasteiger partial charge in [0.05, 0.1) is 19.1 Å². The Hall–Kier alpha value is -0.570. The number of hydrogen-bond acceptors (Lipinski definition) is 3. The van der Waals surface area contributed by atoms with E-state index in [0.717, 1.165) is 13.0 Å². The maximum atomic E-state index is 11.5. The van der Waals surface area contributed by atoms with Gasteiger partial charge in [0.2, 0.25) is 0 Å². The maximum absolute atomic E-state index is 11.5. The predicted molar refractivity (Wildman–Crippen MR) is 65.7 cm³/mol. The number of carbonyl (C=O) groups excluding carboxylic acids is 1. The highest BCUT2D eigenvalue weighted by atomic mass is 16.5. The fourth-order valence-electron chi connectivity index (χ4n) is 3.38. The van der Waals surface area contributed by atoms with Crippen LogP contribution in [0.3, 0.4) is 0 Å². The molecule has 98 valence electrons. The Labute approximate surface area is 104 Å². The largest absolute Gasteiger partial charge is 0.466 e. The molecule has 1 aliphatic heterocycles. The first-order chi connectivity index (χ1) is 8.24. The summed E-state index contributed by atoms with van der Waals surface area (Å²) in [6.07, 6.45) is 9.53. The van der Waals surface area contributed by atoms with Crippen LogP contribution in [0.5, 0.6) is 0 Å². The summed E-state index contributed by atoms with van der Waals surface area (Å²) in [5.74, 6) is -0.106. The van der Waals surface area contributed by atoms with Crippen LogP contribution in [0.1, 0.15) is 58.3 Å². The van der Waals surface area contributed by atoms with Crippen LogP contribution in [0.2, 0.25) is 0 Å². The van der Waals surface area contributed by atoms with Crippen molar-refractivity contribution in [2.75, 3.05) is 13.2 Å². The highest BCUT2D eigenvalue weighted by Gasteiger charge is 2.38. The van der Waals surface area contributed by atoms with E-state index in [2.05, 4.69) is 0 Å². The van der Waals surface area contributed by atoms with Crippen LogP contribution in [0.4, 0.5) is 0 Å². The first-order valence-corrected chi connectivity index (χ1v) is 7.01. The van der Waals surface area contributed by atoms with Crippen molar-refractivity contribution in [2.45, 2.75) is 64.4 Å². The Kier molecular flexibility index (Phi) is 4.43. The van der Waals surface area contributed by atoms with Crippen molar-refractivity contribution in [1.29, 1.82) is 0 Å². The van der Waals surface area contributed by atoms with Crippen LogP contribution < -0.4 is 0 Å². The van der Waals surface area contributed by atoms with Crippen LogP contribution >= 0.6 is 0 Å². The third kappa shape index (κ3) is 3.44. The molecule has 0 aromatic heterocycles. The predicted octanol–water partition coefficient (Wildman–Crippen LogP) is 3.07. The molecule has 1 aliphatic carbocycles. The minimum Gasteiger partial charge on any atom is -0.466 e. The molecule has 2 fully saturated rings. The number of carbonyl (C=O) groups is 1. The lowest BCUT2D eigenvalue weighted by molar-refractivity contribution is -0.149. The molecule has 0 radical (unpaired) electrons. The molecule has 3 nitrogen and oxygen atoms in total. The van der Waals surface area contributed by atoms with Crippen LogP contribution in [0.25, 0.3) is 0 Å². The topological polar surface area (TPSA) is 35.5 Å². The molecule has 3 heteroatoms. The molecule has 1 atom stereocenters. The number of rotatable bonds is 3. The van der Waals surface area contributed by atoms with Crippen molar-refractivity contribution in [3.05, 3.63) is 0 Å².